The van der Waals surface area contributed by atoms with Crippen molar-refractivity contribution in [2.24, 2.45) is 11.8 Å². The van der Waals surface area contributed by atoms with E-state index >= 15 is 0 Å². The fourth-order valence-electron chi connectivity index (χ4n) is 4.17. The van der Waals surface area contributed by atoms with Crippen molar-refractivity contribution in [3.8, 4) is 11.8 Å². The topological polar surface area (TPSA) is 110 Å². The van der Waals surface area contributed by atoms with Gasteiger partial charge in [-0.1, -0.05) is 49.3 Å². The van der Waals surface area contributed by atoms with Crippen LogP contribution in [0.2, 0.25) is 0 Å². The Hall–Kier alpha value is -1.91. The van der Waals surface area contributed by atoms with Gasteiger partial charge in [-0.3, -0.25) is 10.0 Å². The lowest BCUT2D eigenvalue weighted by molar-refractivity contribution is -0.129. The third-order valence-electron chi connectivity index (χ3n) is 5.77. The SMILES string of the molecule is O=C(CCCCCC[C@@H]1[C@@H](CCC(O)C#Cc2ccccc2)[C@H](O)C[C@@H]1O)NO. The highest BCUT2D eigenvalue weighted by Gasteiger charge is 2.40. The second-order valence-corrected chi connectivity index (χ2v) is 7.91. The molecular weight excluding hydrogens is 370 g/mol. The van der Waals surface area contributed by atoms with E-state index in [4.69, 9.17) is 5.21 Å². The first-order chi connectivity index (χ1) is 14.0. The molecule has 1 fully saturated rings. The number of carbonyl (C=O) groups is 1. The monoisotopic (exact) mass is 403 g/mol. The molecule has 160 valence electrons. The summed E-state index contributed by atoms with van der Waals surface area (Å²) in [6, 6.07) is 9.50. The number of amides is 1. The van der Waals surface area contributed by atoms with E-state index in [0.717, 1.165) is 37.7 Å². The third kappa shape index (κ3) is 8.15. The van der Waals surface area contributed by atoms with Crippen molar-refractivity contribution in [3.05, 3.63) is 35.9 Å². The van der Waals surface area contributed by atoms with Crippen molar-refractivity contribution >= 4 is 5.91 Å². The minimum atomic E-state index is -0.751. The first-order valence-corrected chi connectivity index (χ1v) is 10.5. The molecule has 5 N–H and O–H groups in total. The lowest BCUT2D eigenvalue weighted by Crippen LogP contribution is -2.23. The molecule has 0 aliphatic heterocycles. The third-order valence-corrected chi connectivity index (χ3v) is 5.77. The van der Waals surface area contributed by atoms with E-state index in [2.05, 4.69) is 11.8 Å². The highest BCUT2D eigenvalue weighted by molar-refractivity contribution is 5.74. The average molecular weight is 404 g/mol. The number of nitrogens with one attached hydrogen (secondary N) is 1. The summed E-state index contributed by atoms with van der Waals surface area (Å²) < 4.78 is 0. The van der Waals surface area contributed by atoms with Crippen molar-refractivity contribution in [1.29, 1.82) is 0 Å². The summed E-state index contributed by atoms with van der Waals surface area (Å²) in [6.07, 6.45) is 4.28. The number of hydroxylamine groups is 1. The highest BCUT2D eigenvalue weighted by atomic mass is 16.5. The van der Waals surface area contributed by atoms with Crippen LogP contribution in [-0.2, 0) is 4.79 Å². The molecule has 1 aromatic carbocycles. The van der Waals surface area contributed by atoms with Crippen LogP contribution < -0.4 is 5.48 Å². The van der Waals surface area contributed by atoms with Gasteiger partial charge in [0.15, 0.2) is 0 Å². The Balaban J connectivity index is 1.74. The second-order valence-electron chi connectivity index (χ2n) is 7.91. The van der Waals surface area contributed by atoms with Gasteiger partial charge in [-0.15, -0.1) is 0 Å². The van der Waals surface area contributed by atoms with Crippen molar-refractivity contribution in [3.63, 3.8) is 0 Å². The Morgan fingerprint density at radius 1 is 1.03 bits per heavy atom. The Labute approximate surface area is 172 Å². The van der Waals surface area contributed by atoms with Crippen LogP contribution in [0.25, 0.3) is 0 Å². The number of hydrogen-bond acceptors (Lipinski definition) is 5. The van der Waals surface area contributed by atoms with Crippen molar-refractivity contribution < 1.29 is 25.3 Å². The van der Waals surface area contributed by atoms with Gasteiger partial charge in [0.1, 0.15) is 6.10 Å². The maximum atomic E-state index is 11.0. The Kier molecular flexibility index (Phi) is 10.2. The molecule has 29 heavy (non-hydrogen) atoms. The molecule has 1 aliphatic carbocycles. The maximum absolute atomic E-state index is 11.0. The van der Waals surface area contributed by atoms with Gasteiger partial charge in [0.25, 0.3) is 0 Å². The molecule has 1 aromatic rings. The van der Waals surface area contributed by atoms with E-state index < -0.39 is 18.3 Å². The fraction of sp³-hybridized carbons (Fsp3) is 0.609. The molecule has 1 saturated carbocycles. The summed E-state index contributed by atoms with van der Waals surface area (Å²) in [4.78, 5) is 11.0. The number of unbranched alkanes of at least 4 members (excludes halogenated alkanes) is 3. The van der Waals surface area contributed by atoms with Crippen molar-refractivity contribution in [2.45, 2.75) is 76.1 Å². The minimum Gasteiger partial charge on any atom is -0.393 e. The normalized spacial score (nSPS) is 24.6. The summed E-state index contributed by atoms with van der Waals surface area (Å²) in [5, 5.41) is 39.3. The van der Waals surface area contributed by atoms with E-state index in [1.807, 2.05) is 30.3 Å². The van der Waals surface area contributed by atoms with Gasteiger partial charge in [-0.25, -0.2) is 5.48 Å². The van der Waals surface area contributed by atoms with Crippen LogP contribution in [0.15, 0.2) is 30.3 Å². The minimum absolute atomic E-state index is 0.0278. The lowest BCUT2D eigenvalue weighted by Gasteiger charge is -2.24. The lowest BCUT2D eigenvalue weighted by atomic mass is 9.85. The number of rotatable bonds is 10. The average Bonchev–Trinajstić information content (AvgIpc) is 3.00. The van der Waals surface area contributed by atoms with Crippen LogP contribution in [0.1, 0.15) is 63.4 Å². The predicted molar refractivity (Wildman–Crippen MR) is 110 cm³/mol. The molecule has 2 rings (SSSR count). The van der Waals surface area contributed by atoms with E-state index in [0.29, 0.717) is 25.7 Å². The van der Waals surface area contributed by atoms with Crippen LogP contribution in [0.3, 0.4) is 0 Å². The molecule has 0 aromatic heterocycles. The maximum Gasteiger partial charge on any atom is 0.243 e. The molecule has 0 spiro atoms. The molecular formula is C23H33NO5. The van der Waals surface area contributed by atoms with Gasteiger partial charge in [0.05, 0.1) is 12.2 Å². The van der Waals surface area contributed by atoms with Gasteiger partial charge >= 0.3 is 0 Å². The van der Waals surface area contributed by atoms with Crippen LogP contribution in [0.5, 0.6) is 0 Å². The zero-order valence-corrected chi connectivity index (χ0v) is 16.8. The predicted octanol–water partition coefficient (Wildman–Crippen LogP) is 2.38. The van der Waals surface area contributed by atoms with E-state index in [-0.39, 0.29) is 17.7 Å². The van der Waals surface area contributed by atoms with E-state index in [9.17, 15) is 20.1 Å². The molecule has 1 amide bonds. The Morgan fingerprint density at radius 2 is 1.69 bits per heavy atom. The highest BCUT2D eigenvalue weighted by Crippen LogP contribution is 2.39. The molecule has 0 saturated heterocycles. The first-order valence-electron chi connectivity index (χ1n) is 10.5. The van der Waals surface area contributed by atoms with Gasteiger partial charge in [0.2, 0.25) is 5.91 Å². The van der Waals surface area contributed by atoms with Gasteiger partial charge in [-0.2, -0.15) is 0 Å². The van der Waals surface area contributed by atoms with E-state index in [1.165, 1.54) is 0 Å². The summed E-state index contributed by atoms with van der Waals surface area (Å²) in [5.41, 5.74) is 2.49. The summed E-state index contributed by atoms with van der Waals surface area (Å²) in [5.74, 6) is 5.45. The molecule has 5 atom stereocenters. The van der Waals surface area contributed by atoms with Gasteiger partial charge < -0.3 is 15.3 Å². The van der Waals surface area contributed by atoms with Gasteiger partial charge in [0, 0.05) is 12.0 Å². The summed E-state index contributed by atoms with van der Waals surface area (Å²) in [7, 11) is 0. The van der Waals surface area contributed by atoms with Crippen LogP contribution >= 0.6 is 0 Å². The fourth-order valence-corrected chi connectivity index (χ4v) is 4.17. The molecule has 0 heterocycles. The van der Waals surface area contributed by atoms with Crippen LogP contribution in [0.4, 0.5) is 0 Å². The number of hydrogen-bond donors (Lipinski definition) is 5. The number of carbonyl (C=O) groups excluding carboxylic acids is 1. The van der Waals surface area contributed by atoms with Gasteiger partial charge in [-0.05, 0) is 56.1 Å². The van der Waals surface area contributed by atoms with Crippen LogP contribution in [0, 0.1) is 23.7 Å². The van der Waals surface area contributed by atoms with Crippen molar-refractivity contribution in [2.75, 3.05) is 0 Å². The number of aliphatic hydroxyl groups excluding tert-OH is 3. The molecule has 6 nitrogen and oxygen atoms in total. The Morgan fingerprint density at radius 3 is 2.38 bits per heavy atom. The quantitative estimate of drug-likeness (QED) is 0.178. The first kappa shape index (κ1) is 23.4. The second kappa shape index (κ2) is 12.6. The molecule has 1 aliphatic rings. The number of benzene rings is 1. The van der Waals surface area contributed by atoms with E-state index in [1.54, 1.807) is 5.48 Å². The zero-order valence-electron chi connectivity index (χ0n) is 16.8. The van der Waals surface area contributed by atoms with Crippen molar-refractivity contribution in [1.82, 2.24) is 5.48 Å². The molecule has 6 heteroatoms. The standard InChI is InChI=1S/C23H33NO5/c25-18(13-12-17-8-4-3-5-9-17)14-15-20-19(21(26)16-22(20)27)10-6-1-2-7-11-23(28)24-29/h3-5,8-9,18-22,25-27,29H,1-2,6-7,10-11,14-16H2,(H,24,28)/t18?,19-,20-,21+,22-/m1/s1. The molecule has 0 radical (unpaired) electrons. The summed E-state index contributed by atoms with van der Waals surface area (Å²) >= 11 is 0. The molecule has 1 unspecified atom stereocenters. The van der Waals surface area contributed by atoms with Crippen LogP contribution in [-0.4, -0.2) is 44.7 Å². The summed E-state index contributed by atoms with van der Waals surface area (Å²) in [6.45, 7) is 0. The molecule has 0 bridgehead atoms. The zero-order chi connectivity index (χ0) is 21.1. The number of aliphatic hydroxyl groups is 3. The Bertz CT molecular complexity index is 669. The largest absolute Gasteiger partial charge is 0.393 e. The smallest absolute Gasteiger partial charge is 0.243 e.